The third kappa shape index (κ3) is 5.69. The van der Waals surface area contributed by atoms with E-state index in [-0.39, 0.29) is 11.0 Å². The van der Waals surface area contributed by atoms with E-state index in [9.17, 15) is 9.59 Å². The Bertz CT molecular complexity index is 1470. The molecule has 0 bridgehead atoms. The van der Waals surface area contributed by atoms with Crippen LogP contribution in [0.2, 0.25) is 15.1 Å². The van der Waals surface area contributed by atoms with Crippen LogP contribution < -0.4 is 20.7 Å². The fourth-order valence-corrected chi connectivity index (χ4v) is 5.33. The molecule has 0 aliphatic carbocycles. The number of anilines is 2. The van der Waals surface area contributed by atoms with Gasteiger partial charge in [-0.1, -0.05) is 53.0 Å². The monoisotopic (exact) mass is 563 g/mol. The SMILES string of the molecule is COc1cc(NC(=S)NC(=O)c2sc3cc(Cl)ccc3c2Cl)ccc1NC(=O)c1ccccc1Cl. The summed E-state index contributed by atoms with van der Waals surface area (Å²) in [5, 5.41) is 10.4. The molecule has 4 rings (SSSR count). The second kappa shape index (κ2) is 10.8. The van der Waals surface area contributed by atoms with E-state index in [0.29, 0.717) is 42.6 Å². The largest absolute Gasteiger partial charge is 0.494 e. The normalized spacial score (nSPS) is 10.6. The number of benzene rings is 3. The number of rotatable bonds is 5. The predicted octanol–water partition coefficient (Wildman–Crippen LogP) is 7.25. The van der Waals surface area contributed by atoms with Crippen LogP contribution in [0.3, 0.4) is 0 Å². The molecular weight excluding hydrogens is 549 g/mol. The van der Waals surface area contributed by atoms with Crippen molar-refractivity contribution in [1.29, 1.82) is 0 Å². The molecule has 0 radical (unpaired) electrons. The van der Waals surface area contributed by atoms with Crippen molar-refractivity contribution in [1.82, 2.24) is 5.32 Å². The van der Waals surface area contributed by atoms with Crippen molar-refractivity contribution in [3.8, 4) is 5.75 Å². The number of hydrogen-bond acceptors (Lipinski definition) is 5. The second-order valence-corrected chi connectivity index (χ2v) is 9.82. The lowest BCUT2D eigenvalue weighted by Crippen LogP contribution is -2.33. The summed E-state index contributed by atoms with van der Waals surface area (Å²) in [6.07, 6.45) is 0. The molecular formula is C24H16Cl3N3O3S2. The van der Waals surface area contributed by atoms with Crippen molar-refractivity contribution in [3.05, 3.63) is 86.2 Å². The molecule has 3 aromatic carbocycles. The number of amides is 2. The standard InChI is InChI=1S/C24H16Cl3N3O3S2/c1-33-18-11-13(7-9-17(18)29-22(31)14-4-2-3-5-16(14)26)28-24(34)30-23(32)21-20(27)15-8-6-12(25)10-19(15)35-21/h2-11H,1H3,(H,29,31)(H2,28,30,32,34). The molecule has 6 nitrogen and oxygen atoms in total. The number of ether oxygens (including phenoxy) is 1. The molecule has 3 N–H and O–H groups in total. The van der Waals surface area contributed by atoms with Crippen molar-refractivity contribution in [3.63, 3.8) is 0 Å². The van der Waals surface area contributed by atoms with Crippen LogP contribution in [-0.2, 0) is 0 Å². The topological polar surface area (TPSA) is 79.5 Å². The lowest BCUT2D eigenvalue weighted by atomic mass is 10.2. The Balaban J connectivity index is 1.45. The molecule has 0 atom stereocenters. The highest BCUT2D eigenvalue weighted by molar-refractivity contribution is 7.80. The fourth-order valence-electron chi connectivity index (χ4n) is 3.21. The first kappa shape index (κ1) is 25.2. The van der Waals surface area contributed by atoms with E-state index < -0.39 is 5.91 Å². The first-order chi connectivity index (χ1) is 16.8. The molecule has 2 amide bonds. The van der Waals surface area contributed by atoms with Gasteiger partial charge in [-0.25, -0.2) is 0 Å². The average molecular weight is 565 g/mol. The molecule has 0 aliphatic rings. The maximum absolute atomic E-state index is 12.8. The van der Waals surface area contributed by atoms with Crippen molar-refractivity contribution in [2.24, 2.45) is 0 Å². The fraction of sp³-hybridized carbons (Fsp3) is 0.0417. The molecule has 1 aromatic heterocycles. The highest BCUT2D eigenvalue weighted by Crippen LogP contribution is 2.36. The Kier molecular flexibility index (Phi) is 7.78. The van der Waals surface area contributed by atoms with Crippen LogP contribution in [0.25, 0.3) is 10.1 Å². The van der Waals surface area contributed by atoms with Crippen LogP contribution in [0.5, 0.6) is 5.75 Å². The Morgan fingerprint density at radius 3 is 2.46 bits per heavy atom. The molecule has 0 aliphatic heterocycles. The van der Waals surface area contributed by atoms with Crippen LogP contribution in [0.15, 0.2) is 60.7 Å². The summed E-state index contributed by atoms with van der Waals surface area (Å²) in [7, 11) is 1.47. The maximum Gasteiger partial charge on any atom is 0.269 e. The molecule has 1 heterocycles. The van der Waals surface area contributed by atoms with Gasteiger partial charge >= 0.3 is 0 Å². The van der Waals surface area contributed by atoms with Gasteiger partial charge in [-0.05, 0) is 48.6 Å². The summed E-state index contributed by atoms with van der Waals surface area (Å²) in [5.74, 6) is -0.437. The van der Waals surface area contributed by atoms with Gasteiger partial charge in [0.2, 0.25) is 0 Å². The quantitative estimate of drug-likeness (QED) is 0.223. The molecule has 35 heavy (non-hydrogen) atoms. The number of thiocarbonyl (C=S) groups is 1. The minimum atomic E-state index is -0.444. The first-order valence-electron chi connectivity index (χ1n) is 10.0. The summed E-state index contributed by atoms with van der Waals surface area (Å²) in [6.45, 7) is 0. The number of halogens is 3. The number of fused-ring (bicyclic) bond motifs is 1. The van der Waals surface area contributed by atoms with Gasteiger partial charge in [0.25, 0.3) is 11.8 Å². The van der Waals surface area contributed by atoms with Gasteiger partial charge in [-0.3, -0.25) is 14.9 Å². The van der Waals surface area contributed by atoms with E-state index in [1.54, 1.807) is 60.7 Å². The van der Waals surface area contributed by atoms with Crippen molar-refractivity contribution in [2.75, 3.05) is 17.7 Å². The van der Waals surface area contributed by atoms with E-state index in [4.69, 9.17) is 51.8 Å². The van der Waals surface area contributed by atoms with Gasteiger partial charge in [0.1, 0.15) is 10.6 Å². The van der Waals surface area contributed by atoms with E-state index in [1.807, 2.05) is 0 Å². The number of methoxy groups -OCH3 is 1. The van der Waals surface area contributed by atoms with Crippen LogP contribution in [-0.4, -0.2) is 24.0 Å². The molecule has 0 fully saturated rings. The molecule has 0 saturated carbocycles. The lowest BCUT2D eigenvalue weighted by molar-refractivity contribution is 0.0980. The van der Waals surface area contributed by atoms with Crippen LogP contribution in [0.4, 0.5) is 11.4 Å². The molecule has 178 valence electrons. The lowest BCUT2D eigenvalue weighted by Gasteiger charge is -2.14. The Labute approximate surface area is 225 Å². The Morgan fingerprint density at radius 2 is 1.71 bits per heavy atom. The number of carbonyl (C=O) groups is 2. The van der Waals surface area contributed by atoms with Gasteiger partial charge in [0, 0.05) is 26.9 Å². The molecule has 11 heteroatoms. The second-order valence-electron chi connectivity index (χ2n) is 7.14. The zero-order valence-corrected chi connectivity index (χ0v) is 21.8. The van der Waals surface area contributed by atoms with Crippen molar-refractivity contribution in [2.45, 2.75) is 0 Å². The van der Waals surface area contributed by atoms with E-state index >= 15 is 0 Å². The average Bonchev–Trinajstić information content (AvgIpc) is 3.15. The summed E-state index contributed by atoms with van der Waals surface area (Å²) >= 11 is 25.0. The zero-order chi connectivity index (χ0) is 25.1. The number of thiophene rings is 1. The van der Waals surface area contributed by atoms with Crippen LogP contribution in [0.1, 0.15) is 20.0 Å². The van der Waals surface area contributed by atoms with E-state index in [2.05, 4.69) is 16.0 Å². The van der Waals surface area contributed by atoms with Crippen LogP contribution in [0, 0.1) is 0 Å². The number of carbonyl (C=O) groups excluding carboxylic acids is 2. The minimum Gasteiger partial charge on any atom is -0.494 e. The summed E-state index contributed by atoms with van der Waals surface area (Å²) in [4.78, 5) is 25.7. The first-order valence-corrected chi connectivity index (χ1v) is 12.4. The molecule has 0 spiro atoms. The van der Waals surface area contributed by atoms with Gasteiger partial charge < -0.3 is 15.4 Å². The number of hydrogen-bond donors (Lipinski definition) is 3. The highest BCUT2D eigenvalue weighted by atomic mass is 35.5. The third-order valence-electron chi connectivity index (χ3n) is 4.85. The molecule has 4 aromatic rings. The van der Waals surface area contributed by atoms with Gasteiger partial charge in [0.15, 0.2) is 5.11 Å². The maximum atomic E-state index is 12.8. The Morgan fingerprint density at radius 1 is 0.943 bits per heavy atom. The molecule has 0 saturated heterocycles. The van der Waals surface area contributed by atoms with Crippen LogP contribution >= 0.6 is 58.4 Å². The van der Waals surface area contributed by atoms with E-state index in [1.165, 1.54) is 18.4 Å². The predicted molar refractivity (Wildman–Crippen MR) is 148 cm³/mol. The summed E-state index contributed by atoms with van der Waals surface area (Å²) in [6, 6.07) is 16.9. The number of nitrogens with one attached hydrogen (secondary N) is 3. The minimum absolute atomic E-state index is 0.0662. The highest BCUT2D eigenvalue weighted by Gasteiger charge is 2.19. The van der Waals surface area contributed by atoms with E-state index in [0.717, 1.165) is 10.1 Å². The third-order valence-corrected chi connectivity index (χ3v) is 7.28. The Hall–Kier alpha value is -2.88. The molecule has 0 unspecified atom stereocenters. The van der Waals surface area contributed by atoms with Gasteiger partial charge in [-0.2, -0.15) is 0 Å². The smallest absolute Gasteiger partial charge is 0.269 e. The zero-order valence-electron chi connectivity index (χ0n) is 17.9. The van der Waals surface area contributed by atoms with Crippen molar-refractivity contribution < 1.29 is 14.3 Å². The summed E-state index contributed by atoms with van der Waals surface area (Å²) in [5.41, 5.74) is 1.32. The van der Waals surface area contributed by atoms with Gasteiger partial charge in [-0.15, -0.1) is 11.3 Å². The van der Waals surface area contributed by atoms with Gasteiger partial charge in [0.05, 0.1) is 28.4 Å². The van der Waals surface area contributed by atoms with Crippen molar-refractivity contribution >= 4 is 96.7 Å². The summed E-state index contributed by atoms with van der Waals surface area (Å²) < 4.78 is 6.20.